The average molecular weight is 398 g/mol. The first-order valence-electron chi connectivity index (χ1n) is 9.49. The molecule has 0 saturated heterocycles. The van der Waals surface area contributed by atoms with Crippen molar-refractivity contribution < 1.29 is 19.0 Å². The van der Waals surface area contributed by atoms with Crippen LogP contribution < -0.4 is 4.74 Å². The van der Waals surface area contributed by atoms with E-state index in [0.29, 0.717) is 5.56 Å². The Hall–Kier alpha value is -3.84. The van der Waals surface area contributed by atoms with Gasteiger partial charge in [0.15, 0.2) is 0 Å². The molecule has 30 heavy (non-hydrogen) atoms. The molecule has 0 radical (unpaired) electrons. The third-order valence-corrected chi connectivity index (χ3v) is 4.77. The summed E-state index contributed by atoms with van der Waals surface area (Å²) >= 11 is 0. The van der Waals surface area contributed by atoms with Crippen LogP contribution in [0.5, 0.6) is 5.75 Å². The van der Waals surface area contributed by atoms with Gasteiger partial charge in [0.05, 0.1) is 5.56 Å². The third kappa shape index (κ3) is 3.97. The summed E-state index contributed by atoms with van der Waals surface area (Å²) in [5, 5.41) is 8.94. The smallest absolute Gasteiger partial charge is 0.338 e. The molecule has 4 rings (SSSR count). The Balaban J connectivity index is 1.72. The molecule has 3 aromatic carbocycles. The monoisotopic (exact) mass is 398 g/mol. The lowest BCUT2D eigenvalue weighted by atomic mass is 9.89. The van der Waals surface area contributed by atoms with Crippen molar-refractivity contribution in [1.82, 2.24) is 0 Å². The first-order valence-corrected chi connectivity index (χ1v) is 9.49. The van der Waals surface area contributed by atoms with E-state index in [1.165, 1.54) is 12.1 Å². The van der Waals surface area contributed by atoms with Crippen molar-refractivity contribution in [3.63, 3.8) is 0 Å². The highest BCUT2D eigenvalue weighted by Crippen LogP contribution is 2.39. The van der Waals surface area contributed by atoms with E-state index in [1.807, 2.05) is 50.2 Å². The van der Waals surface area contributed by atoms with Crippen LogP contribution in [0.2, 0.25) is 0 Å². The summed E-state index contributed by atoms with van der Waals surface area (Å²) < 4.78 is 20.0. The van der Waals surface area contributed by atoms with Gasteiger partial charge in [-0.25, -0.2) is 9.18 Å². The molecule has 0 unspecified atom stereocenters. The van der Waals surface area contributed by atoms with Gasteiger partial charge in [0.1, 0.15) is 17.2 Å². The lowest BCUT2D eigenvalue weighted by molar-refractivity contribution is 0.0692. The standard InChI is InChI=1S/C26H19FO3/c1-26(2)16-22(19-6-4-3-5-7-19)21-14-17(11-13-24(21)30-26)8-9-18-10-12-20(25(28)29)23(27)15-18/h3-7,10-16H,1-2H3,(H,28,29). The minimum atomic E-state index is -1.30. The topological polar surface area (TPSA) is 46.5 Å². The van der Waals surface area contributed by atoms with Crippen LogP contribution in [0.4, 0.5) is 4.39 Å². The summed E-state index contributed by atoms with van der Waals surface area (Å²) in [4.78, 5) is 10.9. The van der Waals surface area contributed by atoms with Crippen molar-refractivity contribution >= 4 is 11.5 Å². The second kappa shape index (κ2) is 7.53. The number of benzene rings is 3. The quantitative estimate of drug-likeness (QED) is 0.578. The Bertz CT molecular complexity index is 1230. The van der Waals surface area contributed by atoms with Crippen LogP contribution in [0.25, 0.3) is 5.57 Å². The van der Waals surface area contributed by atoms with Gasteiger partial charge in [-0.3, -0.25) is 0 Å². The summed E-state index contributed by atoms with van der Waals surface area (Å²) in [7, 11) is 0. The van der Waals surface area contributed by atoms with Gasteiger partial charge in [0, 0.05) is 16.7 Å². The molecule has 0 spiro atoms. The van der Waals surface area contributed by atoms with E-state index in [1.54, 1.807) is 0 Å². The number of fused-ring (bicyclic) bond motifs is 1. The molecule has 1 heterocycles. The van der Waals surface area contributed by atoms with Crippen molar-refractivity contribution in [1.29, 1.82) is 0 Å². The highest BCUT2D eigenvalue weighted by molar-refractivity contribution is 5.88. The van der Waals surface area contributed by atoms with Gasteiger partial charge in [-0.2, -0.15) is 0 Å². The molecule has 1 N–H and O–H groups in total. The molecular formula is C26H19FO3. The number of halogens is 1. The van der Waals surface area contributed by atoms with E-state index in [9.17, 15) is 9.18 Å². The van der Waals surface area contributed by atoms with Gasteiger partial charge < -0.3 is 9.84 Å². The van der Waals surface area contributed by atoms with E-state index in [-0.39, 0.29) is 5.56 Å². The maximum atomic E-state index is 13.9. The highest BCUT2D eigenvalue weighted by atomic mass is 19.1. The third-order valence-electron chi connectivity index (χ3n) is 4.77. The summed E-state index contributed by atoms with van der Waals surface area (Å²) in [5.41, 5.74) is 3.46. The molecule has 4 heteroatoms. The Morgan fingerprint density at radius 2 is 1.63 bits per heavy atom. The van der Waals surface area contributed by atoms with Crippen molar-refractivity contribution in [3.8, 4) is 17.6 Å². The molecule has 0 bridgehead atoms. The molecule has 3 nitrogen and oxygen atoms in total. The van der Waals surface area contributed by atoms with Crippen molar-refractivity contribution in [2.75, 3.05) is 0 Å². The van der Waals surface area contributed by atoms with Gasteiger partial charge in [0.2, 0.25) is 0 Å². The predicted molar refractivity (Wildman–Crippen MR) is 114 cm³/mol. The molecule has 1 aliphatic rings. The zero-order chi connectivity index (χ0) is 21.3. The Morgan fingerprint density at radius 1 is 0.967 bits per heavy atom. The van der Waals surface area contributed by atoms with Crippen LogP contribution in [0.1, 0.15) is 46.5 Å². The minimum Gasteiger partial charge on any atom is -0.483 e. The number of ether oxygens (including phenoxy) is 1. The van der Waals surface area contributed by atoms with Gasteiger partial charge >= 0.3 is 5.97 Å². The van der Waals surface area contributed by atoms with Gasteiger partial charge in [-0.1, -0.05) is 42.2 Å². The molecule has 1 aliphatic heterocycles. The zero-order valence-corrected chi connectivity index (χ0v) is 16.6. The number of hydrogen-bond donors (Lipinski definition) is 1. The van der Waals surface area contributed by atoms with Crippen molar-refractivity contribution in [2.45, 2.75) is 19.4 Å². The molecule has 0 aliphatic carbocycles. The largest absolute Gasteiger partial charge is 0.483 e. The number of carbonyl (C=O) groups is 1. The van der Waals surface area contributed by atoms with E-state index < -0.39 is 17.4 Å². The van der Waals surface area contributed by atoms with Crippen LogP contribution >= 0.6 is 0 Å². The Labute approximate surface area is 174 Å². The lowest BCUT2D eigenvalue weighted by Gasteiger charge is -2.31. The number of hydrogen-bond acceptors (Lipinski definition) is 2. The second-order valence-electron chi connectivity index (χ2n) is 7.59. The fraction of sp³-hybridized carbons (Fsp3) is 0.115. The normalized spacial score (nSPS) is 13.9. The molecule has 0 amide bonds. The van der Waals surface area contributed by atoms with Crippen LogP contribution in [0, 0.1) is 17.7 Å². The first-order chi connectivity index (χ1) is 14.3. The number of rotatable bonds is 2. The molecule has 0 saturated carbocycles. The van der Waals surface area contributed by atoms with E-state index in [0.717, 1.165) is 34.1 Å². The molecule has 0 atom stereocenters. The number of aromatic carboxylic acids is 1. The van der Waals surface area contributed by atoms with Crippen LogP contribution in [0.3, 0.4) is 0 Å². The summed E-state index contributed by atoms with van der Waals surface area (Å²) in [6, 6.07) is 19.7. The fourth-order valence-electron chi connectivity index (χ4n) is 3.41. The maximum Gasteiger partial charge on any atom is 0.338 e. The summed E-state index contributed by atoms with van der Waals surface area (Å²) in [5.74, 6) is 4.61. The van der Waals surface area contributed by atoms with Gasteiger partial charge in [-0.05, 0) is 67.5 Å². The van der Waals surface area contributed by atoms with Crippen LogP contribution in [0.15, 0.2) is 72.8 Å². The van der Waals surface area contributed by atoms with Crippen LogP contribution in [-0.4, -0.2) is 16.7 Å². The summed E-state index contributed by atoms with van der Waals surface area (Å²) in [6.07, 6.45) is 2.10. The Morgan fingerprint density at radius 3 is 2.30 bits per heavy atom. The average Bonchev–Trinajstić information content (AvgIpc) is 2.71. The number of carboxylic acid groups (broad SMARTS) is 1. The van der Waals surface area contributed by atoms with Gasteiger partial charge in [-0.15, -0.1) is 0 Å². The van der Waals surface area contributed by atoms with E-state index in [4.69, 9.17) is 9.84 Å². The fourth-order valence-corrected chi connectivity index (χ4v) is 3.41. The first kappa shape index (κ1) is 19.5. The lowest BCUT2D eigenvalue weighted by Crippen LogP contribution is -2.29. The van der Waals surface area contributed by atoms with Crippen LogP contribution in [-0.2, 0) is 0 Å². The maximum absolute atomic E-state index is 13.9. The predicted octanol–water partition coefficient (Wildman–Crippen LogP) is 5.53. The zero-order valence-electron chi connectivity index (χ0n) is 16.6. The molecular weight excluding hydrogens is 379 g/mol. The Kier molecular flexibility index (Phi) is 4.89. The SMILES string of the molecule is CC1(C)C=C(c2ccccc2)c2cc(C#Cc3ccc(C(=O)O)c(F)c3)ccc2O1. The minimum absolute atomic E-state index is 0.369. The highest BCUT2D eigenvalue weighted by Gasteiger charge is 2.27. The second-order valence-corrected chi connectivity index (χ2v) is 7.59. The number of carboxylic acids is 1. The molecule has 0 fully saturated rings. The van der Waals surface area contributed by atoms with Crippen molar-refractivity contribution in [2.24, 2.45) is 0 Å². The van der Waals surface area contributed by atoms with E-state index >= 15 is 0 Å². The molecule has 0 aromatic heterocycles. The molecule has 3 aromatic rings. The van der Waals surface area contributed by atoms with Gasteiger partial charge in [0.25, 0.3) is 0 Å². The molecule has 148 valence electrons. The van der Waals surface area contributed by atoms with E-state index in [2.05, 4.69) is 30.0 Å². The van der Waals surface area contributed by atoms with Crippen molar-refractivity contribution in [3.05, 3.63) is 106 Å². The summed E-state index contributed by atoms with van der Waals surface area (Å²) in [6.45, 7) is 4.03.